The number of hydrogen-bond acceptors (Lipinski definition) is 9. The second-order valence-electron chi connectivity index (χ2n) is 11.5. The SMILES string of the molecule is CC(CO)c1cc2c(c(O)c1O[C@@H]1O[C@H](CO)[C@@H](O)[C@H](O)[C@H]1O)[C@@]1(C)CC[C@H](O)C(C)(C)[C@@H]1CC2. The number of phenols is 1. The minimum Gasteiger partial charge on any atom is -0.504 e. The molecule has 1 heterocycles. The van der Waals surface area contributed by atoms with Gasteiger partial charge in [-0.15, -0.1) is 0 Å². The van der Waals surface area contributed by atoms with E-state index in [9.17, 15) is 35.7 Å². The van der Waals surface area contributed by atoms with Gasteiger partial charge in [0.2, 0.25) is 6.29 Å². The maximum Gasteiger partial charge on any atom is 0.229 e. The number of aromatic hydroxyl groups is 1. The van der Waals surface area contributed by atoms with Gasteiger partial charge in [-0.25, -0.2) is 0 Å². The third-order valence-electron chi connectivity index (χ3n) is 8.99. The third kappa shape index (κ3) is 4.15. The number of rotatable bonds is 5. The van der Waals surface area contributed by atoms with Crippen LogP contribution in [0, 0.1) is 11.3 Å². The van der Waals surface area contributed by atoms with Gasteiger partial charge in [0.15, 0.2) is 11.5 Å². The monoisotopic (exact) mass is 496 g/mol. The zero-order valence-corrected chi connectivity index (χ0v) is 20.9. The number of phenolic OH excluding ortho intramolecular Hbond substituents is 1. The van der Waals surface area contributed by atoms with Crippen LogP contribution in [0.3, 0.4) is 0 Å². The number of ether oxygens (including phenoxy) is 2. The zero-order valence-electron chi connectivity index (χ0n) is 20.9. The highest BCUT2D eigenvalue weighted by atomic mass is 16.7. The van der Waals surface area contributed by atoms with Crippen molar-refractivity contribution in [2.75, 3.05) is 13.2 Å². The number of fused-ring (bicyclic) bond motifs is 3. The predicted molar refractivity (Wildman–Crippen MR) is 126 cm³/mol. The van der Waals surface area contributed by atoms with Crippen LogP contribution in [-0.4, -0.2) is 85.8 Å². The molecule has 9 heteroatoms. The fraction of sp³-hybridized carbons (Fsp3) is 0.769. The van der Waals surface area contributed by atoms with Gasteiger partial charge in [-0.3, -0.25) is 0 Å². The lowest BCUT2D eigenvalue weighted by Crippen LogP contribution is -2.60. The van der Waals surface area contributed by atoms with Crippen LogP contribution in [0.1, 0.15) is 69.6 Å². The molecule has 4 rings (SSSR count). The highest BCUT2D eigenvalue weighted by Crippen LogP contribution is 2.60. The summed E-state index contributed by atoms with van der Waals surface area (Å²) in [6.07, 6.45) is -5.01. The Labute approximate surface area is 205 Å². The molecule has 0 radical (unpaired) electrons. The van der Waals surface area contributed by atoms with E-state index in [0.717, 1.165) is 17.5 Å². The highest BCUT2D eigenvalue weighted by Gasteiger charge is 2.55. The molecular weight excluding hydrogens is 456 g/mol. The lowest BCUT2D eigenvalue weighted by molar-refractivity contribution is -0.277. The van der Waals surface area contributed by atoms with E-state index < -0.39 is 54.7 Å². The van der Waals surface area contributed by atoms with Crippen LogP contribution in [0.2, 0.25) is 0 Å². The second-order valence-corrected chi connectivity index (χ2v) is 11.5. The van der Waals surface area contributed by atoms with Crippen LogP contribution in [0.4, 0.5) is 0 Å². The Kier molecular flexibility index (Phi) is 7.18. The predicted octanol–water partition coefficient (Wildman–Crippen LogP) is 0.668. The molecule has 9 nitrogen and oxygen atoms in total. The van der Waals surface area contributed by atoms with Crippen molar-refractivity contribution in [1.29, 1.82) is 0 Å². The Bertz CT molecular complexity index is 932. The standard InChI is InChI=1S/C26H40O9/c1-12(10-27)14-9-13-5-6-16-25(2,3)17(29)7-8-26(16,4)18(13)20(31)23(14)35-24-22(33)21(32)19(30)15(11-28)34-24/h9,12,15-17,19,21-22,24,27-33H,5-8,10-11H2,1-4H3/t12?,15-,16+,17+,19-,21+,22-,24+,26+/m1/s1. The smallest absolute Gasteiger partial charge is 0.229 e. The Balaban J connectivity index is 1.81. The minimum atomic E-state index is -1.63. The van der Waals surface area contributed by atoms with Crippen LogP contribution in [-0.2, 0) is 16.6 Å². The lowest BCUT2D eigenvalue weighted by atomic mass is 9.49. The molecule has 0 amide bonds. The number of benzene rings is 1. The summed E-state index contributed by atoms with van der Waals surface area (Å²) in [5.41, 5.74) is 1.45. The fourth-order valence-corrected chi connectivity index (χ4v) is 6.76. The first kappa shape index (κ1) is 26.6. The Morgan fingerprint density at radius 2 is 1.74 bits per heavy atom. The highest BCUT2D eigenvalue weighted by molar-refractivity contribution is 5.60. The summed E-state index contributed by atoms with van der Waals surface area (Å²) in [6, 6.07) is 1.93. The van der Waals surface area contributed by atoms with Gasteiger partial charge < -0.3 is 45.2 Å². The van der Waals surface area contributed by atoms with Crippen molar-refractivity contribution in [1.82, 2.24) is 0 Å². The Morgan fingerprint density at radius 1 is 1.06 bits per heavy atom. The largest absolute Gasteiger partial charge is 0.504 e. The summed E-state index contributed by atoms with van der Waals surface area (Å²) in [5.74, 6) is -0.353. The van der Waals surface area contributed by atoms with Crippen LogP contribution in [0.25, 0.3) is 0 Å². The van der Waals surface area contributed by atoms with E-state index in [1.54, 1.807) is 6.92 Å². The molecule has 0 aromatic heterocycles. The first-order valence-electron chi connectivity index (χ1n) is 12.5. The van der Waals surface area contributed by atoms with E-state index in [-0.39, 0.29) is 29.4 Å². The van der Waals surface area contributed by atoms with E-state index in [1.165, 1.54) is 0 Å². The van der Waals surface area contributed by atoms with Gasteiger partial charge in [0.25, 0.3) is 0 Å². The zero-order chi connectivity index (χ0) is 25.9. The van der Waals surface area contributed by atoms with Crippen molar-refractivity contribution >= 4 is 0 Å². The minimum absolute atomic E-state index is 0.0421. The average Bonchev–Trinajstić information content (AvgIpc) is 2.82. The topological polar surface area (TPSA) is 160 Å². The number of hydrogen-bond donors (Lipinski definition) is 7. The molecule has 0 bridgehead atoms. The van der Waals surface area contributed by atoms with Gasteiger partial charge in [-0.2, -0.15) is 0 Å². The number of aryl methyl sites for hydroxylation is 1. The average molecular weight is 497 g/mol. The molecule has 3 aliphatic rings. The molecule has 1 saturated carbocycles. The molecule has 35 heavy (non-hydrogen) atoms. The summed E-state index contributed by atoms with van der Waals surface area (Å²) in [5, 5.41) is 72.7. The fourth-order valence-electron chi connectivity index (χ4n) is 6.76. The molecule has 2 fully saturated rings. The van der Waals surface area contributed by atoms with E-state index in [1.807, 2.05) is 6.07 Å². The van der Waals surface area contributed by atoms with Crippen molar-refractivity contribution in [3.63, 3.8) is 0 Å². The van der Waals surface area contributed by atoms with Gasteiger partial charge in [-0.1, -0.05) is 33.8 Å². The normalized spacial score (nSPS) is 39.4. The van der Waals surface area contributed by atoms with E-state index in [4.69, 9.17) is 9.47 Å². The van der Waals surface area contributed by atoms with Crippen LogP contribution < -0.4 is 4.74 Å². The van der Waals surface area contributed by atoms with Gasteiger partial charge in [0.1, 0.15) is 24.4 Å². The van der Waals surface area contributed by atoms with Crippen LogP contribution in [0.15, 0.2) is 6.07 Å². The molecule has 1 unspecified atom stereocenters. The number of aliphatic hydroxyl groups excluding tert-OH is 6. The van der Waals surface area contributed by atoms with Crippen molar-refractivity contribution in [2.24, 2.45) is 11.3 Å². The van der Waals surface area contributed by atoms with Crippen molar-refractivity contribution < 1.29 is 45.2 Å². The molecule has 2 aliphatic carbocycles. The van der Waals surface area contributed by atoms with E-state index >= 15 is 0 Å². The van der Waals surface area contributed by atoms with E-state index in [2.05, 4.69) is 20.8 Å². The van der Waals surface area contributed by atoms with Crippen molar-refractivity contribution in [3.8, 4) is 11.5 Å². The van der Waals surface area contributed by atoms with Crippen molar-refractivity contribution in [2.45, 2.75) is 102 Å². The van der Waals surface area contributed by atoms with Gasteiger partial charge in [0, 0.05) is 29.1 Å². The molecule has 1 aliphatic heterocycles. The van der Waals surface area contributed by atoms with Gasteiger partial charge >= 0.3 is 0 Å². The quantitative estimate of drug-likeness (QED) is 0.311. The molecule has 1 aromatic carbocycles. The molecule has 0 spiro atoms. The maximum atomic E-state index is 11.7. The van der Waals surface area contributed by atoms with Crippen LogP contribution in [0.5, 0.6) is 11.5 Å². The molecule has 1 aromatic rings. The summed E-state index contributed by atoms with van der Waals surface area (Å²) < 4.78 is 11.5. The molecule has 1 saturated heterocycles. The molecule has 9 atom stereocenters. The molecular formula is C26H40O9. The summed E-state index contributed by atoms with van der Waals surface area (Å²) in [6.45, 7) is 7.22. The van der Waals surface area contributed by atoms with Crippen molar-refractivity contribution in [3.05, 3.63) is 22.8 Å². The Morgan fingerprint density at radius 3 is 2.37 bits per heavy atom. The maximum absolute atomic E-state index is 11.7. The van der Waals surface area contributed by atoms with E-state index in [0.29, 0.717) is 24.8 Å². The summed E-state index contributed by atoms with van der Waals surface area (Å²) >= 11 is 0. The summed E-state index contributed by atoms with van der Waals surface area (Å²) in [7, 11) is 0. The molecule has 7 N–H and O–H groups in total. The second kappa shape index (κ2) is 9.45. The number of aliphatic hydroxyl groups is 6. The Hall–Kier alpha value is -1.46. The van der Waals surface area contributed by atoms with Crippen LogP contribution >= 0.6 is 0 Å². The first-order chi connectivity index (χ1) is 16.4. The summed E-state index contributed by atoms with van der Waals surface area (Å²) in [4.78, 5) is 0. The third-order valence-corrected chi connectivity index (χ3v) is 8.99. The molecule has 198 valence electrons. The van der Waals surface area contributed by atoms with Gasteiger partial charge in [0.05, 0.1) is 12.7 Å². The first-order valence-corrected chi connectivity index (χ1v) is 12.5. The lowest BCUT2D eigenvalue weighted by Gasteiger charge is -2.56. The van der Waals surface area contributed by atoms with Gasteiger partial charge in [-0.05, 0) is 42.6 Å².